The first-order valence-electron chi connectivity index (χ1n) is 9.17. The van der Waals surface area contributed by atoms with Gasteiger partial charge in [-0.1, -0.05) is 32.9 Å². The third kappa shape index (κ3) is 4.76. The van der Waals surface area contributed by atoms with E-state index < -0.39 is 16.2 Å². The van der Waals surface area contributed by atoms with E-state index in [0.29, 0.717) is 15.5 Å². The number of carbonyl (C=O) groups is 1. The Morgan fingerprint density at radius 2 is 1.83 bits per heavy atom. The van der Waals surface area contributed by atoms with Crippen molar-refractivity contribution in [1.29, 1.82) is 0 Å². The smallest absolute Gasteiger partial charge is 0.434 e. The lowest BCUT2D eigenvalue weighted by Crippen LogP contribution is -2.15. The molecule has 0 spiro atoms. The molecule has 0 radical (unpaired) electrons. The number of hydrogen-bond donors (Lipinski definition) is 2. The van der Waals surface area contributed by atoms with Crippen molar-refractivity contribution in [2.75, 3.05) is 11.3 Å². The summed E-state index contributed by atoms with van der Waals surface area (Å²) < 4.78 is 38.2. The second-order valence-electron chi connectivity index (χ2n) is 7.53. The first-order chi connectivity index (χ1) is 14.0. The number of sulfonamides is 1. The average Bonchev–Trinajstić information content (AvgIpc) is 2.96. The Morgan fingerprint density at radius 3 is 2.43 bits per heavy atom. The summed E-state index contributed by atoms with van der Waals surface area (Å²) in [5, 5.41) is 0. The molecule has 0 saturated heterocycles. The molecule has 0 aliphatic rings. The molecule has 160 valence electrons. The van der Waals surface area contributed by atoms with Gasteiger partial charge in [0.1, 0.15) is 15.8 Å². The van der Waals surface area contributed by atoms with Crippen molar-refractivity contribution >= 4 is 49.0 Å². The van der Waals surface area contributed by atoms with E-state index >= 15 is 0 Å². The molecule has 0 fully saturated rings. The van der Waals surface area contributed by atoms with Crippen molar-refractivity contribution in [3.8, 4) is 5.88 Å². The van der Waals surface area contributed by atoms with Gasteiger partial charge in [0.25, 0.3) is 10.0 Å². The van der Waals surface area contributed by atoms with Crippen LogP contribution < -0.4 is 9.46 Å². The first-order valence-corrected chi connectivity index (χ1v) is 11.4. The normalized spacial score (nSPS) is 12.0. The number of halogens is 1. The van der Waals surface area contributed by atoms with Gasteiger partial charge in [-0.2, -0.15) is 0 Å². The predicted molar refractivity (Wildman–Crippen MR) is 117 cm³/mol. The van der Waals surface area contributed by atoms with E-state index in [1.54, 1.807) is 37.3 Å². The van der Waals surface area contributed by atoms with Crippen molar-refractivity contribution in [3.05, 3.63) is 46.4 Å². The van der Waals surface area contributed by atoms with Crippen molar-refractivity contribution in [3.63, 3.8) is 0 Å². The SMILES string of the molecule is CCOC(=O)Oc1[nH]c2ccc(NS(=O)(=O)c3ccc(C(C)(C)C)cc3)nc2c1Br. The van der Waals surface area contributed by atoms with Gasteiger partial charge in [0.15, 0.2) is 0 Å². The Hall–Kier alpha value is -2.59. The minimum atomic E-state index is -3.82. The minimum absolute atomic E-state index is 0.0772. The zero-order valence-electron chi connectivity index (χ0n) is 16.9. The number of hydrogen-bond acceptors (Lipinski definition) is 6. The number of nitrogens with one attached hydrogen (secondary N) is 2. The van der Waals surface area contributed by atoms with Crippen molar-refractivity contribution < 1.29 is 22.7 Å². The highest BCUT2D eigenvalue weighted by Crippen LogP contribution is 2.33. The maximum Gasteiger partial charge on any atom is 0.515 e. The van der Waals surface area contributed by atoms with Gasteiger partial charge in [-0.15, -0.1) is 0 Å². The fourth-order valence-electron chi connectivity index (χ4n) is 2.70. The fourth-order valence-corrected chi connectivity index (χ4v) is 4.18. The van der Waals surface area contributed by atoms with Gasteiger partial charge in [0.2, 0.25) is 5.88 Å². The Morgan fingerprint density at radius 1 is 1.17 bits per heavy atom. The lowest BCUT2D eigenvalue weighted by Gasteiger charge is -2.19. The molecule has 0 unspecified atom stereocenters. The van der Waals surface area contributed by atoms with Gasteiger partial charge < -0.3 is 14.5 Å². The number of aromatic amines is 1. The molecular weight excluding hydrogens is 474 g/mol. The van der Waals surface area contributed by atoms with Crippen molar-refractivity contribution in [2.24, 2.45) is 0 Å². The summed E-state index contributed by atoms with van der Waals surface area (Å²) in [6.07, 6.45) is -0.857. The van der Waals surface area contributed by atoms with Crippen LogP contribution in [0.15, 0.2) is 45.8 Å². The third-order valence-electron chi connectivity index (χ3n) is 4.27. The summed E-state index contributed by atoms with van der Waals surface area (Å²) in [4.78, 5) is 18.9. The molecular formula is C20H22BrN3O5S. The topological polar surface area (TPSA) is 110 Å². The van der Waals surface area contributed by atoms with Crippen LogP contribution in [0, 0.1) is 0 Å². The third-order valence-corrected chi connectivity index (χ3v) is 6.37. The molecule has 2 heterocycles. The number of aromatic nitrogens is 2. The second kappa shape index (κ2) is 8.27. The highest BCUT2D eigenvalue weighted by Gasteiger charge is 2.20. The minimum Gasteiger partial charge on any atom is -0.434 e. The van der Waals surface area contributed by atoms with Gasteiger partial charge in [0, 0.05) is 0 Å². The van der Waals surface area contributed by atoms with Crippen LogP contribution in [0.25, 0.3) is 11.0 Å². The summed E-state index contributed by atoms with van der Waals surface area (Å²) in [5.41, 5.74) is 1.91. The molecule has 2 aromatic heterocycles. The van der Waals surface area contributed by atoms with Crippen LogP contribution in [-0.4, -0.2) is 31.1 Å². The Kier molecular flexibility index (Phi) is 6.09. The highest BCUT2D eigenvalue weighted by atomic mass is 79.9. The van der Waals surface area contributed by atoms with Crippen LogP contribution in [0.3, 0.4) is 0 Å². The molecule has 0 aliphatic heterocycles. The van der Waals surface area contributed by atoms with Gasteiger partial charge >= 0.3 is 6.16 Å². The van der Waals surface area contributed by atoms with Crippen LogP contribution in [0.1, 0.15) is 33.3 Å². The number of fused-ring (bicyclic) bond motifs is 1. The number of rotatable bonds is 5. The van der Waals surface area contributed by atoms with E-state index in [-0.39, 0.29) is 28.6 Å². The number of nitrogens with zero attached hydrogens (tertiary/aromatic N) is 1. The predicted octanol–water partition coefficient (Wildman–Crippen LogP) is 4.96. The Bertz CT molecular complexity index is 1180. The largest absolute Gasteiger partial charge is 0.515 e. The number of benzene rings is 1. The molecule has 3 aromatic rings. The van der Waals surface area contributed by atoms with E-state index in [1.165, 1.54) is 6.07 Å². The molecule has 30 heavy (non-hydrogen) atoms. The maximum atomic E-state index is 12.7. The molecule has 0 saturated carbocycles. The number of carbonyl (C=O) groups excluding carboxylic acids is 1. The number of anilines is 1. The van der Waals surface area contributed by atoms with Gasteiger partial charge in [-0.25, -0.2) is 18.2 Å². The number of H-pyrrole nitrogens is 1. The summed E-state index contributed by atoms with van der Waals surface area (Å²) in [6.45, 7) is 8.02. The van der Waals surface area contributed by atoms with Crippen LogP contribution in [0.4, 0.5) is 10.6 Å². The van der Waals surface area contributed by atoms with Crippen molar-refractivity contribution in [1.82, 2.24) is 9.97 Å². The molecule has 3 rings (SSSR count). The Labute approximate surface area is 183 Å². The quantitative estimate of drug-likeness (QED) is 0.484. The zero-order chi connectivity index (χ0) is 22.1. The van der Waals surface area contributed by atoms with E-state index in [0.717, 1.165) is 5.56 Å². The molecule has 10 heteroatoms. The molecule has 1 aromatic carbocycles. The van der Waals surface area contributed by atoms with E-state index in [9.17, 15) is 13.2 Å². The average molecular weight is 496 g/mol. The summed E-state index contributed by atoms with van der Waals surface area (Å²) in [5.74, 6) is 0.249. The molecule has 0 atom stereocenters. The highest BCUT2D eigenvalue weighted by molar-refractivity contribution is 9.10. The summed E-state index contributed by atoms with van der Waals surface area (Å²) >= 11 is 3.31. The van der Waals surface area contributed by atoms with Crippen LogP contribution >= 0.6 is 15.9 Å². The van der Waals surface area contributed by atoms with Crippen LogP contribution in [0.2, 0.25) is 0 Å². The first kappa shape index (κ1) is 22.1. The van der Waals surface area contributed by atoms with Gasteiger partial charge in [0.05, 0.1) is 17.0 Å². The molecule has 0 amide bonds. The maximum absolute atomic E-state index is 12.7. The summed E-state index contributed by atoms with van der Waals surface area (Å²) in [7, 11) is -3.82. The van der Waals surface area contributed by atoms with Crippen LogP contribution in [0.5, 0.6) is 5.88 Å². The van der Waals surface area contributed by atoms with Gasteiger partial charge in [-0.05, 0) is 58.1 Å². The Balaban J connectivity index is 1.86. The monoisotopic (exact) mass is 495 g/mol. The van der Waals surface area contributed by atoms with E-state index in [1.807, 2.05) is 0 Å². The van der Waals surface area contributed by atoms with Crippen molar-refractivity contribution in [2.45, 2.75) is 38.0 Å². The molecule has 0 bridgehead atoms. The van der Waals surface area contributed by atoms with E-state index in [4.69, 9.17) is 9.47 Å². The fraction of sp³-hybridized carbons (Fsp3) is 0.300. The second-order valence-corrected chi connectivity index (χ2v) is 10.0. The molecule has 0 aliphatic carbocycles. The summed E-state index contributed by atoms with van der Waals surface area (Å²) in [6, 6.07) is 9.88. The lowest BCUT2D eigenvalue weighted by molar-refractivity contribution is 0.103. The molecule has 2 N–H and O–H groups in total. The lowest BCUT2D eigenvalue weighted by atomic mass is 9.87. The number of ether oxygens (including phenoxy) is 2. The molecule has 8 nitrogen and oxygen atoms in total. The number of pyridine rings is 1. The zero-order valence-corrected chi connectivity index (χ0v) is 19.3. The van der Waals surface area contributed by atoms with E-state index in [2.05, 4.69) is 51.4 Å². The van der Waals surface area contributed by atoms with Gasteiger partial charge in [-0.3, -0.25) is 4.72 Å². The standard InChI is InChI=1S/C20H22BrN3O5S/c1-5-28-19(25)29-18-16(21)17-14(22-18)10-11-15(23-17)24-30(26,27)13-8-6-12(7-9-13)20(2,3)4/h6-11,22H,5H2,1-4H3,(H,23,24). The van der Waals surface area contributed by atoms with Crippen LogP contribution in [-0.2, 0) is 20.2 Å².